The van der Waals surface area contributed by atoms with Crippen molar-refractivity contribution in [2.75, 3.05) is 26.2 Å². The highest BCUT2D eigenvalue weighted by Gasteiger charge is 2.14. The number of nitrogens with one attached hydrogen (secondary N) is 2. The summed E-state index contributed by atoms with van der Waals surface area (Å²) in [6.45, 7) is 3.13. The molecule has 0 aliphatic rings. The zero-order valence-electron chi connectivity index (χ0n) is 12.4. The van der Waals surface area contributed by atoms with Crippen LogP contribution in [-0.4, -0.2) is 40.6 Å². The van der Waals surface area contributed by atoms with Gasteiger partial charge in [-0.15, -0.1) is 12.4 Å². The molecule has 1 aromatic rings. The van der Waals surface area contributed by atoms with Gasteiger partial charge in [-0.25, -0.2) is 13.1 Å². The summed E-state index contributed by atoms with van der Waals surface area (Å²) in [4.78, 5) is 11.5. The Bertz CT molecular complexity index is 549. The number of hydrogen-bond acceptors (Lipinski definition) is 5. The van der Waals surface area contributed by atoms with Gasteiger partial charge in [-0.1, -0.05) is 0 Å². The van der Waals surface area contributed by atoms with Crippen LogP contribution in [0.4, 0.5) is 0 Å². The third-order valence-corrected chi connectivity index (χ3v) is 4.03. The molecule has 0 aliphatic carbocycles. The largest absolute Gasteiger partial charge is 0.494 e. The highest BCUT2D eigenvalue weighted by atomic mass is 35.5. The smallest absolute Gasteiger partial charge is 0.240 e. The van der Waals surface area contributed by atoms with Crippen LogP contribution in [0.25, 0.3) is 0 Å². The van der Waals surface area contributed by atoms with E-state index in [1.807, 2.05) is 6.92 Å². The van der Waals surface area contributed by atoms with Crippen molar-refractivity contribution in [3.63, 3.8) is 0 Å². The van der Waals surface area contributed by atoms with E-state index in [0.29, 0.717) is 25.4 Å². The number of nitrogens with two attached hydrogens (primary N) is 1. The molecule has 1 rings (SSSR count). The van der Waals surface area contributed by atoms with E-state index in [9.17, 15) is 13.2 Å². The Hall–Kier alpha value is -1.35. The van der Waals surface area contributed by atoms with E-state index >= 15 is 0 Å². The van der Waals surface area contributed by atoms with Gasteiger partial charge < -0.3 is 15.8 Å². The number of rotatable bonds is 9. The minimum Gasteiger partial charge on any atom is -0.494 e. The molecule has 7 nitrogen and oxygen atoms in total. The topological polar surface area (TPSA) is 111 Å². The summed E-state index contributed by atoms with van der Waals surface area (Å²) < 4.78 is 31.6. The first kappa shape index (κ1) is 20.6. The Morgan fingerprint density at radius 1 is 1.23 bits per heavy atom. The zero-order valence-corrected chi connectivity index (χ0v) is 14.0. The highest BCUT2D eigenvalue weighted by molar-refractivity contribution is 7.89. The number of carbonyl (C=O) groups excluding carboxylic acids is 1. The summed E-state index contributed by atoms with van der Waals surface area (Å²) in [5.41, 5.74) is 5.25. The second-order valence-electron chi connectivity index (χ2n) is 4.19. The van der Waals surface area contributed by atoms with Crippen molar-refractivity contribution in [2.24, 2.45) is 5.73 Å². The van der Waals surface area contributed by atoms with E-state index in [0.717, 1.165) is 0 Å². The summed E-state index contributed by atoms with van der Waals surface area (Å²) >= 11 is 0. The van der Waals surface area contributed by atoms with Gasteiger partial charge >= 0.3 is 0 Å². The lowest BCUT2D eigenvalue weighted by Gasteiger charge is -2.08. The van der Waals surface area contributed by atoms with Crippen molar-refractivity contribution >= 4 is 28.3 Å². The molecular weight excluding hydrogens is 330 g/mol. The van der Waals surface area contributed by atoms with Gasteiger partial charge in [0.05, 0.1) is 11.5 Å². The van der Waals surface area contributed by atoms with E-state index < -0.39 is 10.0 Å². The van der Waals surface area contributed by atoms with Gasteiger partial charge in [0.1, 0.15) is 5.75 Å². The predicted molar refractivity (Wildman–Crippen MR) is 86.7 cm³/mol. The minimum atomic E-state index is -3.62. The standard InChI is InChI=1S/C13H21N3O4S.ClH/c1-2-20-11-3-5-12(6-4-11)21(18,19)16-9-7-13(17)15-10-8-14;/h3-6,16H,2,7-10,14H2,1H3,(H,15,17);1H. The molecule has 0 bridgehead atoms. The Labute approximate surface area is 137 Å². The molecule has 0 saturated heterocycles. The normalized spacial score (nSPS) is 10.6. The first-order valence-corrected chi connectivity index (χ1v) is 8.17. The molecule has 1 amide bonds. The maximum absolute atomic E-state index is 12.0. The van der Waals surface area contributed by atoms with Gasteiger partial charge in [0.25, 0.3) is 0 Å². The third kappa shape index (κ3) is 7.08. The minimum absolute atomic E-state index is 0. The molecule has 4 N–H and O–H groups in total. The number of ether oxygens (including phenoxy) is 1. The van der Waals surface area contributed by atoms with Gasteiger partial charge in [0.15, 0.2) is 0 Å². The molecular formula is C13H22ClN3O4S. The molecule has 0 saturated carbocycles. The Morgan fingerprint density at radius 3 is 2.41 bits per heavy atom. The maximum Gasteiger partial charge on any atom is 0.240 e. The molecule has 0 spiro atoms. The molecule has 0 heterocycles. The number of hydrogen-bond donors (Lipinski definition) is 3. The van der Waals surface area contributed by atoms with Crippen molar-refractivity contribution in [3.8, 4) is 5.75 Å². The van der Waals surface area contributed by atoms with Crippen LogP contribution in [0, 0.1) is 0 Å². The van der Waals surface area contributed by atoms with Crippen LogP contribution in [0.1, 0.15) is 13.3 Å². The number of benzene rings is 1. The molecule has 126 valence electrons. The van der Waals surface area contributed by atoms with Crippen LogP contribution in [0.15, 0.2) is 29.2 Å². The van der Waals surface area contributed by atoms with Gasteiger partial charge in [0, 0.05) is 26.1 Å². The Morgan fingerprint density at radius 2 is 1.86 bits per heavy atom. The SMILES string of the molecule is CCOc1ccc(S(=O)(=O)NCCC(=O)NCCN)cc1.Cl. The number of carbonyl (C=O) groups is 1. The van der Waals surface area contributed by atoms with Crippen LogP contribution >= 0.6 is 12.4 Å². The molecule has 0 fully saturated rings. The molecule has 1 aromatic carbocycles. The van der Waals surface area contributed by atoms with Crippen molar-refractivity contribution in [3.05, 3.63) is 24.3 Å². The first-order valence-electron chi connectivity index (χ1n) is 6.69. The van der Waals surface area contributed by atoms with Crippen molar-refractivity contribution in [1.82, 2.24) is 10.0 Å². The molecule has 0 atom stereocenters. The van der Waals surface area contributed by atoms with Crippen molar-refractivity contribution in [1.29, 1.82) is 0 Å². The third-order valence-electron chi connectivity index (χ3n) is 2.56. The van der Waals surface area contributed by atoms with Gasteiger partial charge in [-0.3, -0.25) is 4.79 Å². The number of halogens is 1. The molecule has 9 heteroatoms. The van der Waals surface area contributed by atoms with E-state index in [1.54, 1.807) is 12.1 Å². The molecule has 0 aliphatic heterocycles. The fraction of sp³-hybridized carbons (Fsp3) is 0.462. The lowest BCUT2D eigenvalue weighted by Crippen LogP contribution is -2.33. The van der Waals surface area contributed by atoms with E-state index in [4.69, 9.17) is 10.5 Å². The van der Waals surface area contributed by atoms with Gasteiger partial charge in [0.2, 0.25) is 15.9 Å². The monoisotopic (exact) mass is 351 g/mol. The average molecular weight is 352 g/mol. The highest BCUT2D eigenvalue weighted by Crippen LogP contribution is 2.15. The maximum atomic E-state index is 12.0. The van der Waals surface area contributed by atoms with Gasteiger partial charge in [-0.05, 0) is 31.2 Å². The molecule has 0 unspecified atom stereocenters. The second-order valence-corrected chi connectivity index (χ2v) is 5.96. The number of amides is 1. The van der Waals surface area contributed by atoms with Crippen LogP contribution in [0.5, 0.6) is 5.75 Å². The molecule has 0 aromatic heterocycles. The summed E-state index contributed by atoms with van der Waals surface area (Å²) in [5.74, 6) is 0.368. The fourth-order valence-electron chi connectivity index (χ4n) is 1.56. The predicted octanol–water partition coefficient (Wildman–Crippen LogP) is 0.250. The van der Waals surface area contributed by atoms with Crippen LogP contribution < -0.4 is 20.5 Å². The van der Waals surface area contributed by atoms with Crippen molar-refractivity contribution < 1.29 is 17.9 Å². The summed E-state index contributed by atoms with van der Waals surface area (Å²) in [6.07, 6.45) is 0.0657. The molecule has 22 heavy (non-hydrogen) atoms. The average Bonchev–Trinajstić information content (AvgIpc) is 2.46. The summed E-state index contributed by atoms with van der Waals surface area (Å²) in [6, 6.07) is 6.10. The van der Waals surface area contributed by atoms with Crippen LogP contribution in [0.2, 0.25) is 0 Å². The first-order chi connectivity index (χ1) is 9.99. The Balaban J connectivity index is 0.00000441. The lowest BCUT2D eigenvalue weighted by atomic mass is 10.3. The van der Waals surface area contributed by atoms with E-state index in [-0.39, 0.29) is 36.2 Å². The van der Waals surface area contributed by atoms with E-state index in [2.05, 4.69) is 10.0 Å². The van der Waals surface area contributed by atoms with Crippen LogP contribution in [-0.2, 0) is 14.8 Å². The summed E-state index contributed by atoms with van der Waals surface area (Å²) in [7, 11) is -3.62. The van der Waals surface area contributed by atoms with Gasteiger partial charge in [-0.2, -0.15) is 0 Å². The van der Waals surface area contributed by atoms with Crippen molar-refractivity contribution in [2.45, 2.75) is 18.2 Å². The van der Waals surface area contributed by atoms with E-state index in [1.165, 1.54) is 12.1 Å². The lowest BCUT2D eigenvalue weighted by molar-refractivity contribution is -0.120. The molecule has 0 radical (unpaired) electrons. The Kier molecular flexibility index (Phi) is 9.75. The summed E-state index contributed by atoms with van der Waals surface area (Å²) in [5, 5.41) is 2.56. The fourth-order valence-corrected chi connectivity index (χ4v) is 2.60. The quantitative estimate of drug-likeness (QED) is 0.590. The zero-order chi connectivity index (χ0) is 15.7. The van der Waals surface area contributed by atoms with Crippen LogP contribution in [0.3, 0.4) is 0 Å². The second kappa shape index (κ2) is 10.4. The number of sulfonamides is 1.